The summed E-state index contributed by atoms with van der Waals surface area (Å²) in [5.41, 5.74) is 17.1. The van der Waals surface area contributed by atoms with Crippen molar-refractivity contribution in [3.63, 3.8) is 0 Å². The number of ether oxygens (including phenoxy) is 1. The summed E-state index contributed by atoms with van der Waals surface area (Å²) in [6, 6.07) is 66.7. The van der Waals surface area contributed by atoms with Crippen LogP contribution >= 0.6 is 0 Å². The van der Waals surface area contributed by atoms with Crippen molar-refractivity contribution in [2.45, 2.75) is 6.61 Å². The van der Waals surface area contributed by atoms with E-state index >= 15 is 0 Å². The molecular weight excluding hydrogens is 607 g/mol. The molecular formula is C48H33NO. The van der Waals surface area contributed by atoms with Crippen molar-refractivity contribution in [1.82, 2.24) is 4.98 Å². The zero-order chi connectivity index (χ0) is 33.3. The van der Waals surface area contributed by atoms with Crippen molar-refractivity contribution in [3.05, 3.63) is 194 Å². The van der Waals surface area contributed by atoms with E-state index < -0.39 is 0 Å². The summed E-state index contributed by atoms with van der Waals surface area (Å²) in [6.45, 7) is 0.578. The number of rotatable bonds is 6. The minimum absolute atomic E-state index is 0.578. The largest absolute Gasteiger partial charge is 0.488 e. The lowest BCUT2D eigenvalue weighted by atomic mass is 9.88. The highest BCUT2D eigenvalue weighted by Gasteiger charge is 2.21. The molecule has 0 unspecified atom stereocenters. The van der Waals surface area contributed by atoms with Crippen molar-refractivity contribution >= 4 is 0 Å². The number of fused-ring (bicyclic) bond motifs is 3. The van der Waals surface area contributed by atoms with Gasteiger partial charge in [0, 0.05) is 16.7 Å². The first-order valence-electron chi connectivity index (χ1n) is 17.1. The van der Waals surface area contributed by atoms with Crippen LogP contribution < -0.4 is 4.74 Å². The predicted molar refractivity (Wildman–Crippen MR) is 207 cm³/mol. The van der Waals surface area contributed by atoms with Crippen LogP contribution in [0.1, 0.15) is 5.56 Å². The van der Waals surface area contributed by atoms with Crippen LogP contribution in [0.4, 0.5) is 0 Å². The number of pyridine rings is 1. The molecule has 0 radical (unpaired) electrons. The van der Waals surface area contributed by atoms with Crippen LogP contribution in [0.5, 0.6) is 5.75 Å². The lowest BCUT2D eigenvalue weighted by Crippen LogP contribution is -2.06. The van der Waals surface area contributed by atoms with E-state index in [1.807, 2.05) is 6.07 Å². The molecule has 2 heteroatoms. The summed E-state index contributed by atoms with van der Waals surface area (Å²) >= 11 is 0. The lowest BCUT2D eigenvalue weighted by molar-refractivity contribution is 0.302. The molecule has 7 aromatic carbocycles. The molecule has 0 saturated heterocycles. The fraction of sp³-hybridized carbons (Fsp3) is 0.0208. The van der Waals surface area contributed by atoms with Crippen molar-refractivity contribution in [2.75, 3.05) is 0 Å². The average Bonchev–Trinajstić information content (AvgIpc) is 3.21. The first kappa shape index (κ1) is 29.6. The molecule has 0 spiro atoms. The second kappa shape index (κ2) is 12.8. The van der Waals surface area contributed by atoms with Crippen molar-refractivity contribution in [1.29, 1.82) is 0 Å². The Bertz CT molecular complexity index is 2450. The normalized spacial score (nSPS) is 11.7. The molecule has 0 fully saturated rings. The Morgan fingerprint density at radius 2 is 0.800 bits per heavy atom. The van der Waals surface area contributed by atoms with Gasteiger partial charge >= 0.3 is 0 Å². The minimum Gasteiger partial charge on any atom is -0.488 e. The van der Waals surface area contributed by atoms with E-state index in [2.05, 4.69) is 182 Å². The molecule has 1 aromatic heterocycles. The van der Waals surface area contributed by atoms with Gasteiger partial charge in [-0.1, -0.05) is 170 Å². The molecule has 8 aromatic rings. The number of hydrogen-bond acceptors (Lipinski definition) is 2. The number of para-hydroxylation sites is 1. The molecule has 0 bridgehead atoms. The summed E-state index contributed by atoms with van der Waals surface area (Å²) in [5, 5.41) is 0. The smallest absolute Gasteiger partial charge is 0.127 e. The molecule has 2 heterocycles. The van der Waals surface area contributed by atoms with Gasteiger partial charge in [0.05, 0.1) is 11.4 Å². The van der Waals surface area contributed by atoms with E-state index in [-0.39, 0.29) is 0 Å². The maximum absolute atomic E-state index is 6.07. The highest BCUT2D eigenvalue weighted by Crippen LogP contribution is 2.43. The van der Waals surface area contributed by atoms with E-state index in [4.69, 9.17) is 9.72 Å². The molecule has 0 aliphatic carbocycles. The third kappa shape index (κ3) is 5.57. The zero-order valence-electron chi connectivity index (χ0n) is 27.5. The lowest BCUT2D eigenvalue weighted by Gasteiger charge is -2.23. The number of nitrogens with zero attached hydrogens (tertiary/aromatic N) is 1. The van der Waals surface area contributed by atoms with Crippen LogP contribution in [0.25, 0.3) is 78.1 Å². The minimum atomic E-state index is 0.578. The Hall–Kier alpha value is -6.51. The second-order valence-electron chi connectivity index (χ2n) is 12.7. The standard InChI is InChI=1S/C48H33NO/c1-3-12-33(13-4-1)34-22-26-37(27-23-34)45-30-40(42-18-8-7-17-41(42)35-14-5-2-6-15-35)31-46(49-45)38-28-24-36(25-29-38)43-20-11-16-39-32-50-47-21-10-9-19-44(47)48(39)43/h1-31H,32H2. The summed E-state index contributed by atoms with van der Waals surface area (Å²) in [6.07, 6.45) is 0. The van der Waals surface area contributed by atoms with Gasteiger partial charge in [-0.3, -0.25) is 0 Å². The van der Waals surface area contributed by atoms with Crippen molar-refractivity contribution in [2.24, 2.45) is 0 Å². The fourth-order valence-corrected chi connectivity index (χ4v) is 7.10. The van der Waals surface area contributed by atoms with Gasteiger partial charge in [0.25, 0.3) is 0 Å². The summed E-state index contributed by atoms with van der Waals surface area (Å²) < 4.78 is 6.07. The maximum Gasteiger partial charge on any atom is 0.127 e. The molecule has 1 aliphatic heterocycles. The number of hydrogen-bond donors (Lipinski definition) is 0. The Labute approximate surface area is 293 Å². The molecule has 0 N–H and O–H groups in total. The SMILES string of the molecule is c1ccc(-c2ccc(-c3cc(-c4ccccc4-c4ccccc4)cc(-c4ccc(-c5cccc6c5-c5ccccc5OC6)cc4)n3)cc2)cc1. The first-order chi connectivity index (χ1) is 24.8. The second-order valence-corrected chi connectivity index (χ2v) is 12.7. The van der Waals surface area contributed by atoms with Crippen LogP contribution in [-0.2, 0) is 6.61 Å². The van der Waals surface area contributed by atoms with Crippen LogP contribution in [0, 0.1) is 0 Å². The highest BCUT2D eigenvalue weighted by molar-refractivity contribution is 5.90. The Kier molecular flexibility index (Phi) is 7.60. The van der Waals surface area contributed by atoms with Gasteiger partial charge in [-0.2, -0.15) is 0 Å². The van der Waals surface area contributed by atoms with E-state index in [0.29, 0.717) is 6.61 Å². The van der Waals surface area contributed by atoms with Crippen LogP contribution in [0.2, 0.25) is 0 Å². The molecule has 0 amide bonds. The van der Waals surface area contributed by atoms with Crippen LogP contribution in [0.3, 0.4) is 0 Å². The van der Waals surface area contributed by atoms with E-state index in [1.165, 1.54) is 50.1 Å². The summed E-state index contributed by atoms with van der Waals surface area (Å²) in [4.78, 5) is 5.29. The number of aromatic nitrogens is 1. The monoisotopic (exact) mass is 639 g/mol. The fourth-order valence-electron chi connectivity index (χ4n) is 7.10. The third-order valence-corrected chi connectivity index (χ3v) is 9.62. The Balaban J connectivity index is 1.15. The molecule has 50 heavy (non-hydrogen) atoms. The van der Waals surface area contributed by atoms with Gasteiger partial charge in [0.1, 0.15) is 12.4 Å². The number of benzene rings is 7. The van der Waals surface area contributed by atoms with E-state index in [1.54, 1.807) is 0 Å². The first-order valence-corrected chi connectivity index (χ1v) is 17.1. The van der Waals surface area contributed by atoms with Crippen LogP contribution in [-0.4, -0.2) is 4.98 Å². The Morgan fingerprint density at radius 3 is 1.46 bits per heavy atom. The maximum atomic E-state index is 6.07. The van der Waals surface area contributed by atoms with Gasteiger partial charge in [-0.25, -0.2) is 4.98 Å². The molecule has 0 atom stereocenters. The topological polar surface area (TPSA) is 22.1 Å². The van der Waals surface area contributed by atoms with Crippen LogP contribution in [0.15, 0.2) is 188 Å². The Morgan fingerprint density at radius 1 is 0.340 bits per heavy atom. The molecule has 9 rings (SSSR count). The van der Waals surface area contributed by atoms with Crippen molar-refractivity contribution < 1.29 is 4.74 Å². The van der Waals surface area contributed by atoms with Gasteiger partial charge in [-0.15, -0.1) is 0 Å². The van der Waals surface area contributed by atoms with Gasteiger partial charge in [0.2, 0.25) is 0 Å². The molecule has 1 aliphatic rings. The zero-order valence-corrected chi connectivity index (χ0v) is 27.5. The van der Waals surface area contributed by atoms with E-state index in [0.717, 1.165) is 39.4 Å². The molecule has 236 valence electrons. The highest BCUT2D eigenvalue weighted by atomic mass is 16.5. The predicted octanol–water partition coefficient (Wildman–Crippen LogP) is 12.6. The average molecular weight is 640 g/mol. The molecule has 2 nitrogen and oxygen atoms in total. The van der Waals surface area contributed by atoms with Gasteiger partial charge < -0.3 is 4.74 Å². The molecule has 0 saturated carbocycles. The van der Waals surface area contributed by atoms with Crippen molar-refractivity contribution in [3.8, 4) is 83.9 Å². The quantitative estimate of drug-likeness (QED) is 0.181. The van der Waals surface area contributed by atoms with Gasteiger partial charge in [-0.05, 0) is 73.8 Å². The van der Waals surface area contributed by atoms with E-state index in [9.17, 15) is 0 Å². The van der Waals surface area contributed by atoms with Gasteiger partial charge in [0.15, 0.2) is 0 Å². The summed E-state index contributed by atoms with van der Waals surface area (Å²) in [7, 11) is 0. The summed E-state index contributed by atoms with van der Waals surface area (Å²) in [5.74, 6) is 0.935. The third-order valence-electron chi connectivity index (χ3n) is 9.62.